The maximum atomic E-state index is 14.2. The van der Waals surface area contributed by atoms with E-state index in [1.807, 2.05) is 0 Å². The fraction of sp³-hybridized carbons (Fsp3) is 0.646. The molecule has 0 heterocycles. The lowest BCUT2D eigenvalue weighted by molar-refractivity contribution is -0.142. The quantitative estimate of drug-likeness (QED) is 0.0305. The van der Waals surface area contributed by atoms with E-state index in [4.69, 9.17) is 16.6 Å². The van der Waals surface area contributed by atoms with Crippen molar-refractivity contribution in [2.75, 3.05) is 43.7 Å². The maximum Gasteiger partial charge on any atom is 0.325 e. The summed E-state index contributed by atoms with van der Waals surface area (Å²) >= 11 is 2.74. The van der Waals surface area contributed by atoms with E-state index in [-0.39, 0.29) is 44.6 Å². The average molecular weight is 1100 g/mol. The van der Waals surface area contributed by atoms with Gasteiger partial charge in [0.15, 0.2) is 0 Å². The first-order valence-electron chi connectivity index (χ1n) is 24.6. The standard InChI is InChI=1S/C48H79N11O14S2/c1-26(2)21-34(44(68)58-36(25-60)46(70)56-32(16-19-74-6)42(66)52-28(5)48(72)73)53-37(61)24-51-41(65)31(15-11-12-18-49)54-43(67)33(17-20-75-7)55-45(69)35(22-29-13-9-8-10-14-29)57-47(71)39(27(3)4)59-40(64)30(50)23-38(62)63/h8-10,13-14,26-28,30-36,39,60H,11-12,15-25,49-50H2,1-7H3,(H,51,65)(H,52,66)(H,53,61)(H,54,67)(H,55,69)(H,56,70)(H,57,71)(H,58,68)(H,59,64)(H,62,63)(H,72,73)/t28-,30-,31-,32-,33-,34-,35-,36-,39-/m0/s1. The number of carbonyl (C=O) groups excluding carboxylic acids is 9. The third-order valence-electron chi connectivity index (χ3n) is 11.3. The Kier molecular flexibility index (Phi) is 32.2. The summed E-state index contributed by atoms with van der Waals surface area (Å²) in [7, 11) is 0. The second kappa shape index (κ2) is 36.0. The van der Waals surface area contributed by atoms with Gasteiger partial charge in [-0.3, -0.25) is 52.7 Å². The van der Waals surface area contributed by atoms with Crippen molar-refractivity contribution in [3.8, 4) is 0 Å². The molecule has 27 heteroatoms. The van der Waals surface area contributed by atoms with Crippen LogP contribution in [0.5, 0.6) is 0 Å². The number of hydrogen-bond donors (Lipinski definition) is 14. The molecule has 1 aromatic carbocycles. The fourth-order valence-electron chi connectivity index (χ4n) is 7.07. The van der Waals surface area contributed by atoms with Crippen LogP contribution in [0.3, 0.4) is 0 Å². The topological polar surface area (TPSA) is 409 Å². The molecule has 422 valence electrons. The van der Waals surface area contributed by atoms with E-state index < -0.39 is 145 Å². The number of thioether (sulfide) groups is 2. The van der Waals surface area contributed by atoms with Gasteiger partial charge in [0.05, 0.1) is 25.6 Å². The number of carboxylic acids is 2. The molecule has 9 atom stereocenters. The fourth-order valence-corrected chi connectivity index (χ4v) is 8.01. The van der Waals surface area contributed by atoms with Crippen molar-refractivity contribution in [2.45, 2.75) is 140 Å². The first-order chi connectivity index (χ1) is 35.4. The highest BCUT2D eigenvalue weighted by atomic mass is 32.2. The molecular formula is C48H79N11O14S2. The van der Waals surface area contributed by atoms with E-state index in [1.165, 1.54) is 30.4 Å². The Bertz CT molecular complexity index is 2060. The Labute approximate surface area is 446 Å². The normalized spacial score (nSPS) is 14.7. The van der Waals surface area contributed by atoms with Crippen LogP contribution < -0.4 is 59.3 Å². The summed E-state index contributed by atoms with van der Waals surface area (Å²) in [5.74, 6) is -10.0. The summed E-state index contributed by atoms with van der Waals surface area (Å²) in [6.45, 7) is 6.70. The van der Waals surface area contributed by atoms with Gasteiger partial charge in [-0.2, -0.15) is 23.5 Å². The molecule has 0 bridgehead atoms. The zero-order chi connectivity index (χ0) is 56.8. The first kappa shape index (κ1) is 67.0. The van der Waals surface area contributed by atoms with Crippen LogP contribution in [0, 0.1) is 11.8 Å². The van der Waals surface area contributed by atoms with Crippen molar-refractivity contribution >= 4 is 88.6 Å². The van der Waals surface area contributed by atoms with Gasteiger partial charge in [0.1, 0.15) is 48.3 Å². The summed E-state index contributed by atoms with van der Waals surface area (Å²) in [6, 6.07) is -3.19. The van der Waals surface area contributed by atoms with Crippen LogP contribution in [0.2, 0.25) is 0 Å². The molecule has 1 rings (SSSR count). The lowest BCUT2D eigenvalue weighted by Gasteiger charge is -2.28. The van der Waals surface area contributed by atoms with Gasteiger partial charge < -0.3 is 74.6 Å². The number of carboxylic acid groups (broad SMARTS) is 2. The molecule has 9 amide bonds. The van der Waals surface area contributed by atoms with Gasteiger partial charge in [0.2, 0.25) is 53.2 Å². The second-order valence-electron chi connectivity index (χ2n) is 18.5. The van der Waals surface area contributed by atoms with E-state index in [0.29, 0.717) is 29.9 Å². The van der Waals surface area contributed by atoms with Gasteiger partial charge in [-0.15, -0.1) is 0 Å². The van der Waals surface area contributed by atoms with Crippen LogP contribution in [0.4, 0.5) is 0 Å². The predicted molar refractivity (Wildman–Crippen MR) is 282 cm³/mol. The summed E-state index contributed by atoms with van der Waals surface area (Å²) in [6.07, 6.45) is 3.91. The van der Waals surface area contributed by atoms with E-state index in [0.717, 1.165) is 0 Å². The molecule has 25 nitrogen and oxygen atoms in total. The van der Waals surface area contributed by atoms with Crippen molar-refractivity contribution in [1.29, 1.82) is 0 Å². The van der Waals surface area contributed by atoms with Gasteiger partial charge in [-0.25, -0.2) is 0 Å². The van der Waals surface area contributed by atoms with E-state index in [9.17, 15) is 63.0 Å². The third kappa shape index (κ3) is 26.3. The number of amides is 9. The lowest BCUT2D eigenvalue weighted by Crippen LogP contribution is -2.60. The van der Waals surface area contributed by atoms with Crippen LogP contribution in [-0.4, -0.2) is 179 Å². The lowest BCUT2D eigenvalue weighted by atomic mass is 10.00. The van der Waals surface area contributed by atoms with E-state index >= 15 is 0 Å². The number of carbonyl (C=O) groups is 11. The molecule has 0 radical (unpaired) electrons. The molecule has 0 unspecified atom stereocenters. The first-order valence-corrected chi connectivity index (χ1v) is 27.4. The number of benzene rings is 1. The molecule has 0 aliphatic carbocycles. The summed E-state index contributed by atoms with van der Waals surface area (Å²) in [5.41, 5.74) is 12.1. The van der Waals surface area contributed by atoms with Gasteiger partial charge in [0.25, 0.3) is 0 Å². The van der Waals surface area contributed by atoms with Crippen LogP contribution >= 0.6 is 23.5 Å². The predicted octanol–water partition coefficient (Wildman–Crippen LogP) is -2.54. The Morgan fingerprint density at radius 3 is 1.56 bits per heavy atom. The van der Waals surface area contributed by atoms with Crippen molar-refractivity contribution in [2.24, 2.45) is 23.3 Å². The van der Waals surface area contributed by atoms with Crippen molar-refractivity contribution < 1.29 is 68.1 Å². The number of aliphatic hydroxyl groups excluding tert-OH is 1. The smallest absolute Gasteiger partial charge is 0.325 e. The molecule has 0 aromatic heterocycles. The average Bonchev–Trinajstić information content (AvgIpc) is 3.35. The highest BCUT2D eigenvalue weighted by Crippen LogP contribution is 2.12. The minimum Gasteiger partial charge on any atom is -0.481 e. The number of unbranched alkanes of at least 4 members (excludes halogenated alkanes) is 1. The second-order valence-corrected chi connectivity index (χ2v) is 20.5. The number of nitrogens with two attached hydrogens (primary N) is 2. The Balaban J connectivity index is 3.29. The number of rotatable bonds is 37. The highest BCUT2D eigenvalue weighted by Gasteiger charge is 2.35. The molecule has 0 aliphatic heterocycles. The Morgan fingerprint density at radius 2 is 1.07 bits per heavy atom. The Hall–Kier alpha value is -6.03. The number of hydrogen-bond acceptors (Lipinski definition) is 16. The highest BCUT2D eigenvalue weighted by molar-refractivity contribution is 7.98. The van der Waals surface area contributed by atoms with Crippen LogP contribution in [0.1, 0.15) is 85.1 Å². The monoisotopic (exact) mass is 1100 g/mol. The zero-order valence-corrected chi connectivity index (χ0v) is 45.4. The molecule has 75 heavy (non-hydrogen) atoms. The Morgan fingerprint density at radius 1 is 0.573 bits per heavy atom. The summed E-state index contributed by atoms with van der Waals surface area (Å²) < 4.78 is 0. The van der Waals surface area contributed by atoms with E-state index in [1.54, 1.807) is 70.5 Å². The van der Waals surface area contributed by atoms with Crippen LogP contribution in [0.25, 0.3) is 0 Å². The van der Waals surface area contributed by atoms with Gasteiger partial charge >= 0.3 is 11.9 Å². The SMILES string of the molecule is CSCC[C@H](NC(=O)[C@H](CO)NC(=O)[C@H](CC(C)C)NC(=O)CNC(=O)[C@H](CCCCN)NC(=O)[C@H](CCSC)NC(=O)[C@H](Cc1ccccc1)NC(=O)[C@@H](NC(=O)[C@@H](N)CC(=O)O)C(C)C)C(=O)N[C@@H](C)C(=O)O. The summed E-state index contributed by atoms with van der Waals surface area (Å²) in [4.78, 5) is 144. The van der Waals surface area contributed by atoms with Crippen molar-refractivity contribution in [3.05, 3.63) is 35.9 Å². The number of aliphatic hydroxyl groups is 1. The molecular weight excluding hydrogens is 1020 g/mol. The van der Waals surface area contributed by atoms with Crippen LogP contribution in [-0.2, 0) is 59.2 Å². The largest absolute Gasteiger partial charge is 0.481 e. The van der Waals surface area contributed by atoms with Crippen molar-refractivity contribution in [3.63, 3.8) is 0 Å². The van der Waals surface area contributed by atoms with Gasteiger partial charge in [0, 0.05) is 6.42 Å². The zero-order valence-electron chi connectivity index (χ0n) is 43.7. The van der Waals surface area contributed by atoms with Crippen LogP contribution in [0.15, 0.2) is 30.3 Å². The minimum atomic E-state index is -1.59. The third-order valence-corrected chi connectivity index (χ3v) is 12.6. The van der Waals surface area contributed by atoms with Gasteiger partial charge in [-0.05, 0) is 93.4 Å². The molecule has 16 N–H and O–H groups in total. The molecule has 1 aromatic rings. The molecule has 0 saturated carbocycles. The number of nitrogens with one attached hydrogen (secondary N) is 9. The molecule has 0 saturated heterocycles. The molecule has 0 spiro atoms. The number of aliphatic carboxylic acids is 2. The van der Waals surface area contributed by atoms with Gasteiger partial charge in [-0.1, -0.05) is 58.0 Å². The summed E-state index contributed by atoms with van der Waals surface area (Å²) in [5, 5.41) is 51.1. The van der Waals surface area contributed by atoms with E-state index in [2.05, 4.69) is 47.9 Å². The van der Waals surface area contributed by atoms with Crippen molar-refractivity contribution in [1.82, 2.24) is 47.9 Å². The maximum absolute atomic E-state index is 14.2. The molecule has 0 aliphatic rings. The minimum absolute atomic E-state index is 0.0477. The molecule has 0 fully saturated rings.